The zero-order chi connectivity index (χ0) is 17.3. The number of H-pyrrole nitrogens is 1. The lowest BCUT2D eigenvalue weighted by Gasteiger charge is -2.16. The van der Waals surface area contributed by atoms with E-state index in [1.807, 2.05) is 0 Å². The van der Waals surface area contributed by atoms with Gasteiger partial charge in [0.1, 0.15) is 16.4 Å². The van der Waals surface area contributed by atoms with Crippen molar-refractivity contribution < 1.29 is 13.9 Å². The van der Waals surface area contributed by atoms with Gasteiger partial charge in [0.05, 0.1) is 6.61 Å². The van der Waals surface area contributed by atoms with E-state index in [0.717, 1.165) is 12.8 Å². The molecule has 6 heteroatoms. The van der Waals surface area contributed by atoms with Crippen LogP contribution in [0.5, 0.6) is 17.4 Å². The molecule has 1 aliphatic rings. The number of aromatic amines is 1. The number of benzene rings is 1. The molecule has 24 heavy (non-hydrogen) atoms. The van der Waals surface area contributed by atoms with Gasteiger partial charge in [-0.1, -0.05) is 20.4 Å². The van der Waals surface area contributed by atoms with Crippen molar-refractivity contribution in [2.24, 2.45) is 5.92 Å². The second-order valence-electron chi connectivity index (χ2n) is 6.18. The van der Waals surface area contributed by atoms with Crippen molar-refractivity contribution in [1.29, 1.82) is 0 Å². The van der Waals surface area contributed by atoms with Crippen molar-refractivity contribution in [1.82, 2.24) is 9.97 Å². The highest BCUT2D eigenvalue weighted by Crippen LogP contribution is 2.32. The highest BCUT2D eigenvalue weighted by Gasteiger charge is 2.18. The van der Waals surface area contributed by atoms with Gasteiger partial charge in [0.2, 0.25) is 5.88 Å². The highest BCUT2D eigenvalue weighted by molar-refractivity contribution is 5.63. The van der Waals surface area contributed by atoms with Crippen LogP contribution in [0.4, 0.5) is 4.39 Å². The lowest BCUT2D eigenvalue weighted by atomic mass is 10.1. The predicted octanol–water partition coefficient (Wildman–Crippen LogP) is 2.07. The van der Waals surface area contributed by atoms with E-state index in [4.69, 9.17) is 9.47 Å². The van der Waals surface area contributed by atoms with Gasteiger partial charge < -0.3 is 14.5 Å². The van der Waals surface area contributed by atoms with Crippen molar-refractivity contribution in [3.05, 3.63) is 44.6 Å². The van der Waals surface area contributed by atoms with Crippen molar-refractivity contribution in [3.8, 4) is 17.4 Å². The molecule has 1 N–H and O–H groups in total. The first kappa shape index (κ1) is 16.2. The number of halogens is 1. The van der Waals surface area contributed by atoms with E-state index in [-0.39, 0.29) is 27.9 Å². The molecule has 3 rings (SSSR count). The van der Waals surface area contributed by atoms with Gasteiger partial charge in [0.25, 0.3) is 5.56 Å². The standard InChI is InChI=1S/C18H19FN2O3/c1-10(2)5-4-6-23-16-9-15-12(8-14(16)19)7-13-17(22)20-11(3)21-18(13)24-15/h7-10H,3-6H2,1-2H3,(H,20,22). The number of fused-ring (bicyclic) bond motifs is 2. The molecular weight excluding hydrogens is 311 g/mol. The van der Waals surface area contributed by atoms with E-state index in [1.165, 1.54) is 12.1 Å². The summed E-state index contributed by atoms with van der Waals surface area (Å²) in [5.41, 5.74) is 0.312. The minimum atomic E-state index is -0.486. The Morgan fingerprint density at radius 1 is 1.42 bits per heavy atom. The van der Waals surface area contributed by atoms with E-state index in [0.29, 0.717) is 23.8 Å². The summed E-state index contributed by atoms with van der Waals surface area (Å²) in [5.74, 6) is 0.792. The van der Waals surface area contributed by atoms with Crippen LogP contribution in [0.15, 0.2) is 16.9 Å². The van der Waals surface area contributed by atoms with E-state index in [2.05, 4.69) is 30.4 Å². The van der Waals surface area contributed by atoms with Gasteiger partial charge in [-0.15, -0.1) is 0 Å². The van der Waals surface area contributed by atoms with Crippen molar-refractivity contribution >= 4 is 12.7 Å². The summed E-state index contributed by atoms with van der Waals surface area (Å²) in [5, 5.41) is 0.250. The van der Waals surface area contributed by atoms with E-state index < -0.39 is 5.82 Å². The van der Waals surface area contributed by atoms with Crippen LogP contribution in [0.2, 0.25) is 0 Å². The molecule has 1 aromatic heterocycles. The lowest BCUT2D eigenvalue weighted by molar-refractivity contribution is 0.282. The Morgan fingerprint density at radius 3 is 2.96 bits per heavy atom. The van der Waals surface area contributed by atoms with Gasteiger partial charge in [0.15, 0.2) is 11.6 Å². The van der Waals surface area contributed by atoms with Gasteiger partial charge in [0, 0.05) is 11.6 Å². The molecule has 1 aliphatic heterocycles. The summed E-state index contributed by atoms with van der Waals surface area (Å²) in [4.78, 5) is 18.5. The molecule has 2 heterocycles. The molecule has 0 bridgehead atoms. The fraction of sp³-hybridized carbons (Fsp3) is 0.333. The first-order valence-electron chi connectivity index (χ1n) is 7.89. The fourth-order valence-electron chi connectivity index (χ4n) is 2.51. The fourth-order valence-corrected chi connectivity index (χ4v) is 2.51. The van der Waals surface area contributed by atoms with Gasteiger partial charge in [-0.2, -0.15) is 4.98 Å². The van der Waals surface area contributed by atoms with Crippen LogP contribution >= 0.6 is 0 Å². The second kappa shape index (κ2) is 6.47. The van der Waals surface area contributed by atoms with Gasteiger partial charge in [-0.3, -0.25) is 4.79 Å². The molecule has 0 radical (unpaired) electrons. The minimum absolute atomic E-state index is 0.133. The highest BCUT2D eigenvalue weighted by atomic mass is 19.1. The normalized spacial score (nSPS) is 12.2. The first-order chi connectivity index (χ1) is 11.4. The Bertz CT molecular complexity index is 935. The molecule has 0 aliphatic carbocycles. The maximum Gasteiger partial charge on any atom is 0.262 e. The Balaban J connectivity index is 1.89. The molecule has 0 fully saturated rings. The molecule has 5 nitrogen and oxygen atoms in total. The molecular formula is C18H19FN2O3. The summed E-state index contributed by atoms with van der Waals surface area (Å²) < 4.78 is 25.3. The second-order valence-corrected chi connectivity index (χ2v) is 6.18. The molecule has 126 valence electrons. The molecule has 2 aromatic rings. The topological polar surface area (TPSA) is 64.2 Å². The number of ether oxygens (including phenoxy) is 2. The molecule has 1 aromatic carbocycles. The summed E-state index contributed by atoms with van der Waals surface area (Å²) in [6.07, 6.45) is 3.42. The van der Waals surface area contributed by atoms with Crippen LogP contribution < -0.4 is 25.7 Å². The zero-order valence-corrected chi connectivity index (χ0v) is 13.7. The van der Waals surface area contributed by atoms with Crippen LogP contribution in [0, 0.1) is 11.7 Å². The minimum Gasteiger partial charge on any atom is -0.490 e. The number of hydrogen-bond donors (Lipinski definition) is 1. The Kier molecular flexibility index (Phi) is 4.38. The van der Waals surface area contributed by atoms with Crippen LogP contribution in [0.3, 0.4) is 0 Å². The number of aromatic nitrogens is 2. The monoisotopic (exact) mass is 330 g/mol. The maximum atomic E-state index is 14.2. The van der Waals surface area contributed by atoms with Crippen molar-refractivity contribution in [2.75, 3.05) is 6.61 Å². The van der Waals surface area contributed by atoms with Crippen molar-refractivity contribution in [2.45, 2.75) is 26.7 Å². The SMILES string of the molecule is C=c1nc2c(c(=O)[nH]1)=Cc1cc(F)c(OCCCC(C)C)cc1O2. The van der Waals surface area contributed by atoms with E-state index in [1.54, 1.807) is 6.08 Å². The lowest BCUT2D eigenvalue weighted by Crippen LogP contribution is -2.37. The van der Waals surface area contributed by atoms with E-state index >= 15 is 0 Å². The Hall–Kier alpha value is -2.63. The number of rotatable bonds is 5. The summed E-state index contributed by atoms with van der Waals surface area (Å²) in [7, 11) is 0. The predicted molar refractivity (Wildman–Crippen MR) is 89.2 cm³/mol. The average molecular weight is 330 g/mol. The van der Waals surface area contributed by atoms with Gasteiger partial charge in [-0.25, -0.2) is 4.39 Å². The largest absolute Gasteiger partial charge is 0.490 e. The van der Waals surface area contributed by atoms with Crippen LogP contribution in [0.1, 0.15) is 32.3 Å². The number of nitrogens with zero attached hydrogens (tertiary/aromatic N) is 1. The van der Waals surface area contributed by atoms with Gasteiger partial charge >= 0.3 is 0 Å². The summed E-state index contributed by atoms with van der Waals surface area (Å²) >= 11 is 0. The molecule has 0 atom stereocenters. The first-order valence-corrected chi connectivity index (χ1v) is 7.89. The summed E-state index contributed by atoms with van der Waals surface area (Å²) in [6.45, 7) is 8.30. The van der Waals surface area contributed by atoms with E-state index in [9.17, 15) is 9.18 Å². The van der Waals surface area contributed by atoms with Crippen LogP contribution in [-0.2, 0) is 0 Å². The molecule has 0 saturated carbocycles. The van der Waals surface area contributed by atoms with Crippen molar-refractivity contribution in [3.63, 3.8) is 0 Å². The quantitative estimate of drug-likeness (QED) is 0.728. The molecule has 0 saturated heterocycles. The third-order valence-electron chi connectivity index (χ3n) is 3.72. The molecule has 0 spiro atoms. The van der Waals surface area contributed by atoms with Crippen LogP contribution in [0.25, 0.3) is 12.7 Å². The number of nitrogens with one attached hydrogen (secondary N) is 1. The Labute approximate surface area is 138 Å². The zero-order valence-electron chi connectivity index (χ0n) is 13.7. The number of hydrogen-bond acceptors (Lipinski definition) is 4. The maximum absolute atomic E-state index is 14.2. The third-order valence-corrected chi connectivity index (χ3v) is 3.72. The molecule has 0 amide bonds. The smallest absolute Gasteiger partial charge is 0.262 e. The summed E-state index contributed by atoms with van der Waals surface area (Å²) in [6, 6.07) is 2.79. The molecule has 0 unspecified atom stereocenters. The Morgan fingerprint density at radius 2 is 2.21 bits per heavy atom. The van der Waals surface area contributed by atoms with Gasteiger partial charge in [-0.05, 0) is 30.9 Å². The third kappa shape index (κ3) is 3.32. The average Bonchev–Trinajstić information content (AvgIpc) is 2.50. The van der Waals surface area contributed by atoms with Crippen LogP contribution in [-0.4, -0.2) is 16.6 Å².